The largest absolute Gasteiger partial charge is 0.508 e. The molecule has 0 aromatic heterocycles. The van der Waals surface area contributed by atoms with Crippen LogP contribution in [-0.4, -0.2) is 87.3 Å². The van der Waals surface area contributed by atoms with E-state index in [4.69, 9.17) is 9.47 Å². The van der Waals surface area contributed by atoms with Crippen LogP contribution in [0.5, 0.6) is 11.5 Å². The minimum atomic E-state index is -1.57. The smallest absolute Gasteiger partial charge is 0.334 e. The summed E-state index contributed by atoms with van der Waals surface area (Å²) in [7, 11) is 1.73. The molecular weight excluding hydrogens is 777 g/mol. The Morgan fingerprint density at radius 1 is 0.918 bits per heavy atom. The van der Waals surface area contributed by atoms with Crippen LogP contribution in [0.25, 0.3) is 0 Å². The first-order valence-electron chi connectivity index (χ1n) is 21.7. The van der Waals surface area contributed by atoms with E-state index in [9.17, 15) is 39.9 Å². The summed E-state index contributed by atoms with van der Waals surface area (Å²) in [6.07, 6.45) is 0.432. The Morgan fingerprint density at radius 2 is 1.70 bits per heavy atom. The summed E-state index contributed by atoms with van der Waals surface area (Å²) in [5.74, 6) is 3.25. The normalized spacial score (nSPS) is 29.6. The van der Waals surface area contributed by atoms with Crippen molar-refractivity contribution >= 4 is 23.4 Å². The first-order valence-corrected chi connectivity index (χ1v) is 21.7. The van der Waals surface area contributed by atoms with E-state index in [2.05, 4.69) is 22.5 Å². The number of aliphatic hydroxyl groups excluding tert-OH is 3. The zero-order valence-electron chi connectivity index (χ0n) is 34.7. The van der Waals surface area contributed by atoms with Crippen molar-refractivity contribution in [3.63, 3.8) is 0 Å². The summed E-state index contributed by atoms with van der Waals surface area (Å²) in [5, 5.41) is 64.0. The lowest BCUT2D eigenvalue weighted by Gasteiger charge is -2.52. The number of hydrogen-bond acceptors (Lipinski definition) is 12. The van der Waals surface area contributed by atoms with Crippen LogP contribution < -0.4 is 15.4 Å². The number of likely N-dealkylation sites (N-methyl/N-ethyl adjacent to an activating group) is 1. The van der Waals surface area contributed by atoms with Crippen molar-refractivity contribution in [3.05, 3.63) is 99.6 Å². The molecule has 2 fully saturated rings. The van der Waals surface area contributed by atoms with Gasteiger partial charge in [-0.3, -0.25) is 9.59 Å². The Morgan fingerprint density at radius 3 is 2.49 bits per heavy atom. The molecule has 0 saturated heterocycles. The zero-order chi connectivity index (χ0) is 43.0. The molecule has 12 nitrogen and oxygen atoms in total. The van der Waals surface area contributed by atoms with Crippen molar-refractivity contribution in [2.45, 2.75) is 113 Å². The highest BCUT2D eigenvalue weighted by Crippen LogP contribution is 2.51. The van der Waals surface area contributed by atoms with Crippen LogP contribution in [0.4, 0.5) is 5.69 Å². The van der Waals surface area contributed by atoms with Crippen LogP contribution in [0.2, 0.25) is 0 Å². The Labute approximate surface area is 356 Å². The van der Waals surface area contributed by atoms with Gasteiger partial charge in [-0.2, -0.15) is 0 Å². The lowest BCUT2D eigenvalue weighted by atomic mass is 9.56. The van der Waals surface area contributed by atoms with Crippen molar-refractivity contribution in [1.82, 2.24) is 5.32 Å². The Kier molecular flexibility index (Phi) is 12.4. The summed E-state index contributed by atoms with van der Waals surface area (Å²) in [6, 6.07) is 16.4. The topological polar surface area (TPSA) is 195 Å². The molecule has 0 spiro atoms. The number of benzene rings is 3. The second-order valence-corrected chi connectivity index (χ2v) is 17.8. The number of aromatic hydroxyl groups is 1. The zero-order valence-corrected chi connectivity index (χ0v) is 34.7. The second kappa shape index (κ2) is 17.8. The molecule has 10 atom stereocenters. The van der Waals surface area contributed by atoms with Gasteiger partial charge in [0.05, 0.1) is 30.7 Å². The molecule has 8 rings (SSSR count). The molecule has 12 heteroatoms. The monoisotopic (exact) mass is 832 g/mol. The minimum Gasteiger partial charge on any atom is -0.508 e. The number of Topliss-reactive ketones (excluding diaryl/α,β-unsaturated/α-hetero) is 1. The molecule has 322 valence electrons. The highest BCUT2D eigenvalue weighted by molar-refractivity contribution is 5.89. The van der Waals surface area contributed by atoms with Gasteiger partial charge in [-0.05, 0) is 110 Å². The van der Waals surface area contributed by atoms with Crippen LogP contribution in [-0.2, 0) is 38.4 Å². The number of anilines is 1. The fourth-order valence-electron chi connectivity index (χ4n) is 10.5. The molecule has 61 heavy (non-hydrogen) atoms. The quantitative estimate of drug-likeness (QED) is 0.0989. The number of hydrogen-bond donors (Lipinski definition) is 7. The van der Waals surface area contributed by atoms with Gasteiger partial charge in [0.2, 0.25) is 0 Å². The predicted molar refractivity (Wildman–Crippen MR) is 227 cm³/mol. The fourth-order valence-corrected chi connectivity index (χ4v) is 10.5. The molecule has 10 unspecified atom stereocenters. The van der Waals surface area contributed by atoms with Gasteiger partial charge in [0.25, 0.3) is 0 Å². The van der Waals surface area contributed by atoms with Crippen molar-refractivity contribution in [1.29, 1.82) is 0 Å². The average Bonchev–Trinajstić information content (AvgIpc) is 3.22. The number of esters is 2. The van der Waals surface area contributed by atoms with E-state index >= 15 is 0 Å². The van der Waals surface area contributed by atoms with E-state index in [0.717, 1.165) is 17.5 Å². The molecule has 3 heterocycles. The number of fused-ring (bicyclic) bond motifs is 7. The predicted octanol–water partition coefficient (Wildman–Crippen LogP) is 4.69. The van der Waals surface area contributed by atoms with Crippen molar-refractivity contribution in [2.75, 3.05) is 25.5 Å². The highest BCUT2D eigenvalue weighted by atomic mass is 16.6. The van der Waals surface area contributed by atoms with Crippen molar-refractivity contribution < 1.29 is 49.4 Å². The number of carbonyl (C=O) groups is 3. The van der Waals surface area contributed by atoms with Crippen LogP contribution >= 0.6 is 0 Å². The molecule has 10 bridgehead atoms. The maximum absolute atomic E-state index is 15.0. The number of ether oxygens (including phenoxy) is 2. The lowest BCUT2D eigenvalue weighted by molar-refractivity contribution is -0.191. The third-order valence-electron chi connectivity index (χ3n) is 13.5. The van der Waals surface area contributed by atoms with Gasteiger partial charge >= 0.3 is 11.9 Å². The molecule has 2 saturated carbocycles. The van der Waals surface area contributed by atoms with E-state index in [0.29, 0.717) is 53.6 Å². The first-order chi connectivity index (χ1) is 29.3. The van der Waals surface area contributed by atoms with Crippen LogP contribution in [0.15, 0.2) is 66.2 Å². The first kappa shape index (κ1) is 42.7. The molecule has 3 aliphatic heterocycles. The highest BCUT2D eigenvalue weighted by Gasteiger charge is 2.55. The number of carbonyl (C=O) groups excluding carboxylic acids is 3. The Hall–Kier alpha value is -5.03. The SMILES string of the molecule is CNCC(O)c1cc(NCC(C)O)cc(C2C#CC3CC(=O)Oc4cc(O)c(cc43)CC3OC(=O)C(=CC(O)Cc4cccc(c4)CC4C(=O)CCC5C4CCCC35O)C2)c1. The average molecular weight is 833 g/mol. The summed E-state index contributed by atoms with van der Waals surface area (Å²) in [4.78, 5) is 41.7. The Balaban J connectivity index is 1.32. The summed E-state index contributed by atoms with van der Waals surface area (Å²) in [5.41, 5.74) is 3.10. The molecule has 0 radical (unpaired) electrons. The number of phenols is 1. The van der Waals surface area contributed by atoms with Crippen LogP contribution in [0.3, 0.4) is 0 Å². The number of aliphatic hydroxyl groups is 4. The van der Waals surface area contributed by atoms with Crippen molar-refractivity contribution in [2.24, 2.45) is 17.8 Å². The van der Waals surface area contributed by atoms with E-state index in [1.807, 2.05) is 36.4 Å². The fraction of sp³-hybridized carbons (Fsp3) is 0.490. The number of phenolic OH excluding ortho intramolecular Hbond substituents is 1. The van der Waals surface area contributed by atoms with Gasteiger partial charge in [0, 0.05) is 67.1 Å². The van der Waals surface area contributed by atoms with Gasteiger partial charge in [-0.1, -0.05) is 48.6 Å². The maximum atomic E-state index is 15.0. The second-order valence-electron chi connectivity index (χ2n) is 17.8. The van der Waals surface area contributed by atoms with E-state index in [1.54, 1.807) is 26.1 Å². The van der Waals surface area contributed by atoms with Crippen LogP contribution in [0, 0.1) is 29.6 Å². The molecule has 3 aromatic rings. The summed E-state index contributed by atoms with van der Waals surface area (Å²) >= 11 is 0. The molecule has 7 N–H and O–H groups in total. The molecule has 2 aliphatic carbocycles. The standard InChI is InChI=1S/C49H56N2O10/c1-27(52)25-51-36-18-32(17-33(19-36)44(56)26-50-2)30-8-9-31-23-47(57)60-45-24-43(55)34(21-39(31)45)22-46-49(59)12-4-7-38-40(42(54)11-10-41(38)49)15-29-6-3-5-28(13-29)14-37(53)20-35(16-30)48(58)61-46/h3,5-6,13,17-21,24,27,30-31,37-38,40-41,44,46,50-53,55-56,59H,4,7,10-12,14-16,22-23,25-26H2,1-2H3. The maximum Gasteiger partial charge on any atom is 0.334 e. The van der Waals surface area contributed by atoms with E-state index < -0.39 is 53.8 Å². The van der Waals surface area contributed by atoms with Crippen LogP contribution in [0.1, 0.15) is 103 Å². The summed E-state index contributed by atoms with van der Waals surface area (Å²) < 4.78 is 12.2. The molecular formula is C49H56N2O10. The molecule has 5 aliphatic rings. The lowest BCUT2D eigenvalue weighted by Crippen LogP contribution is -2.59. The number of ketones is 1. The Bertz CT molecular complexity index is 2280. The number of nitrogens with one attached hydrogen (secondary N) is 2. The van der Waals surface area contributed by atoms with Crippen molar-refractivity contribution in [3.8, 4) is 23.3 Å². The number of rotatable bonds is 7. The summed E-state index contributed by atoms with van der Waals surface area (Å²) in [6.45, 7) is 2.13. The molecule has 3 aromatic carbocycles. The van der Waals surface area contributed by atoms with Gasteiger partial charge in [-0.15, -0.1) is 0 Å². The third kappa shape index (κ3) is 9.13. The van der Waals surface area contributed by atoms with Gasteiger partial charge in [-0.25, -0.2) is 4.79 Å². The van der Waals surface area contributed by atoms with Gasteiger partial charge < -0.3 is 45.6 Å². The minimum absolute atomic E-state index is 0.0506. The third-order valence-corrected chi connectivity index (χ3v) is 13.5. The van der Waals surface area contributed by atoms with E-state index in [1.165, 1.54) is 12.1 Å². The molecule has 0 amide bonds. The van der Waals surface area contributed by atoms with Gasteiger partial charge in [0.15, 0.2) is 0 Å². The van der Waals surface area contributed by atoms with Gasteiger partial charge in [0.1, 0.15) is 29.0 Å². The van der Waals surface area contributed by atoms with E-state index in [-0.39, 0.29) is 85.8 Å².